The van der Waals surface area contributed by atoms with E-state index in [9.17, 15) is 9.59 Å². The van der Waals surface area contributed by atoms with Crippen LogP contribution in [-0.2, 0) is 11.3 Å². The molecule has 0 aliphatic carbocycles. The molecule has 1 aliphatic rings. The lowest BCUT2D eigenvalue weighted by Gasteiger charge is -2.25. The van der Waals surface area contributed by atoms with Crippen molar-refractivity contribution in [2.24, 2.45) is 0 Å². The number of hydrogen-bond donors (Lipinski definition) is 1. The Labute approximate surface area is 109 Å². The van der Waals surface area contributed by atoms with Gasteiger partial charge in [-0.05, 0) is 6.07 Å². The molecule has 0 spiro atoms. The number of aromatic nitrogens is 2. The van der Waals surface area contributed by atoms with E-state index in [1.165, 1.54) is 4.68 Å². The van der Waals surface area contributed by atoms with Crippen molar-refractivity contribution in [1.29, 1.82) is 0 Å². The average Bonchev–Trinajstić information content (AvgIpc) is 2.85. The van der Waals surface area contributed by atoms with Gasteiger partial charge in [0, 0.05) is 30.8 Å². The van der Waals surface area contributed by atoms with Gasteiger partial charge in [-0.1, -0.05) is 0 Å². The van der Waals surface area contributed by atoms with Crippen LogP contribution in [0.4, 0.5) is 0 Å². The first-order chi connectivity index (χ1) is 8.66. The zero-order chi connectivity index (χ0) is 13.0. The summed E-state index contributed by atoms with van der Waals surface area (Å²) in [4.78, 5) is 24.3. The van der Waals surface area contributed by atoms with Crippen LogP contribution in [0.15, 0.2) is 12.3 Å². The van der Waals surface area contributed by atoms with Crippen molar-refractivity contribution >= 4 is 23.6 Å². The number of rotatable bonds is 4. The highest BCUT2D eigenvalue weighted by Crippen LogP contribution is 2.12. The van der Waals surface area contributed by atoms with Crippen LogP contribution in [0.2, 0.25) is 0 Å². The Morgan fingerprint density at radius 3 is 2.78 bits per heavy atom. The van der Waals surface area contributed by atoms with Crippen LogP contribution < -0.4 is 0 Å². The van der Waals surface area contributed by atoms with E-state index in [1.54, 1.807) is 17.2 Å². The molecule has 1 fully saturated rings. The van der Waals surface area contributed by atoms with Gasteiger partial charge in [-0.2, -0.15) is 16.9 Å². The third-order valence-electron chi connectivity index (χ3n) is 2.71. The molecule has 0 saturated carbocycles. The van der Waals surface area contributed by atoms with E-state index in [2.05, 4.69) is 5.10 Å². The van der Waals surface area contributed by atoms with Gasteiger partial charge in [0.25, 0.3) is 5.91 Å². The molecule has 2 heterocycles. The predicted molar refractivity (Wildman–Crippen MR) is 67.7 cm³/mol. The van der Waals surface area contributed by atoms with Gasteiger partial charge < -0.3 is 10.0 Å². The number of carbonyl (C=O) groups excluding carboxylic acids is 1. The van der Waals surface area contributed by atoms with Crippen molar-refractivity contribution in [2.45, 2.75) is 13.0 Å². The standard InChI is InChI=1S/C11H15N3O3S/c15-10(16)2-4-14-3-1-9(12-14)11(17)13-5-7-18-8-6-13/h1,3H,2,4-8H2,(H,15,16). The highest BCUT2D eigenvalue weighted by Gasteiger charge is 2.20. The Hall–Kier alpha value is -1.50. The zero-order valence-electron chi connectivity index (χ0n) is 9.91. The molecular weight excluding hydrogens is 254 g/mol. The molecule has 1 aromatic heterocycles. The molecule has 0 radical (unpaired) electrons. The van der Waals surface area contributed by atoms with Crippen LogP contribution in [-0.4, -0.2) is 56.3 Å². The molecule has 0 unspecified atom stereocenters. The summed E-state index contributed by atoms with van der Waals surface area (Å²) in [7, 11) is 0. The van der Waals surface area contributed by atoms with Gasteiger partial charge in [0.15, 0.2) is 0 Å². The van der Waals surface area contributed by atoms with E-state index in [0.717, 1.165) is 24.6 Å². The first-order valence-corrected chi connectivity index (χ1v) is 6.94. The number of hydrogen-bond acceptors (Lipinski definition) is 4. The molecule has 6 nitrogen and oxygen atoms in total. The van der Waals surface area contributed by atoms with Crippen LogP contribution in [0.1, 0.15) is 16.9 Å². The van der Waals surface area contributed by atoms with E-state index >= 15 is 0 Å². The monoisotopic (exact) mass is 269 g/mol. The third kappa shape index (κ3) is 3.25. The molecule has 1 amide bonds. The number of carboxylic acids is 1. The topological polar surface area (TPSA) is 75.4 Å². The van der Waals surface area contributed by atoms with Crippen LogP contribution in [0, 0.1) is 0 Å². The van der Waals surface area contributed by atoms with E-state index < -0.39 is 5.97 Å². The van der Waals surface area contributed by atoms with Gasteiger partial charge >= 0.3 is 5.97 Å². The molecule has 0 bridgehead atoms. The normalized spacial score (nSPS) is 15.7. The highest BCUT2D eigenvalue weighted by atomic mass is 32.2. The molecule has 18 heavy (non-hydrogen) atoms. The summed E-state index contributed by atoms with van der Waals surface area (Å²) in [6.45, 7) is 1.80. The second kappa shape index (κ2) is 5.90. The van der Waals surface area contributed by atoms with Crippen molar-refractivity contribution in [3.63, 3.8) is 0 Å². The second-order valence-electron chi connectivity index (χ2n) is 4.01. The molecule has 0 aromatic carbocycles. The molecular formula is C11H15N3O3S. The largest absolute Gasteiger partial charge is 0.481 e. The fourth-order valence-electron chi connectivity index (χ4n) is 1.74. The predicted octanol–water partition coefficient (Wildman–Crippen LogP) is 0.547. The first kappa shape index (κ1) is 12.9. The maximum Gasteiger partial charge on any atom is 0.305 e. The molecule has 1 aromatic rings. The minimum atomic E-state index is -0.869. The molecule has 0 atom stereocenters. The lowest BCUT2D eigenvalue weighted by Crippen LogP contribution is -2.38. The number of carbonyl (C=O) groups is 2. The van der Waals surface area contributed by atoms with Gasteiger partial charge in [-0.25, -0.2) is 0 Å². The number of aryl methyl sites for hydroxylation is 1. The average molecular weight is 269 g/mol. The lowest BCUT2D eigenvalue weighted by atomic mass is 10.3. The summed E-state index contributed by atoms with van der Waals surface area (Å²) in [6, 6.07) is 1.64. The van der Waals surface area contributed by atoms with Crippen LogP contribution in [0.5, 0.6) is 0 Å². The Morgan fingerprint density at radius 2 is 2.11 bits per heavy atom. The highest BCUT2D eigenvalue weighted by molar-refractivity contribution is 7.99. The molecule has 2 rings (SSSR count). The Balaban J connectivity index is 1.95. The lowest BCUT2D eigenvalue weighted by molar-refractivity contribution is -0.137. The van der Waals surface area contributed by atoms with E-state index in [4.69, 9.17) is 5.11 Å². The maximum atomic E-state index is 12.1. The van der Waals surface area contributed by atoms with Crippen LogP contribution >= 0.6 is 11.8 Å². The number of thioether (sulfide) groups is 1. The number of carboxylic acid groups (broad SMARTS) is 1. The third-order valence-corrected chi connectivity index (χ3v) is 3.66. The Kier molecular flexibility index (Phi) is 4.24. The molecule has 1 aliphatic heterocycles. The van der Waals surface area contributed by atoms with Crippen molar-refractivity contribution in [3.8, 4) is 0 Å². The summed E-state index contributed by atoms with van der Waals surface area (Å²) in [5, 5.41) is 12.7. The summed E-state index contributed by atoms with van der Waals surface area (Å²) >= 11 is 1.84. The Morgan fingerprint density at radius 1 is 1.39 bits per heavy atom. The molecule has 7 heteroatoms. The summed E-state index contributed by atoms with van der Waals surface area (Å²) in [5.41, 5.74) is 0.396. The fourth-order valence-corrected chi connectivity index (χ4v) is 2.64. The smallest absolute Gasteiger partial charge is 0.305 e. The molecule has 1 N–H and O–H groups in total. The Bertz CT molecular complexity index is 440. The molecule has 1 saturated heterocycles. The van der Waals surface area contributed by atoms with Crippen molar-refractivity contribution in [2.75, 3.05) is 24.6 Å². The van der Waals surface area contributed by atoms with Gasteiger partial charge in [-0.15, -0.1) is 0 Å². The fraction of sp³-hybridized carbons (Fsp3) is 0.545. The minimum Gasteiger partial charge on any atom is -0.481 e. The minimum absolute atomic E-state index is 0.00959. The van der Waals surface area contributed by atoms with E-state index in [-0.39, 0.29) is 12.3 Å². The van der Waals surface area contributed by atoms with Crippen molar-refractivity contribution in [1.82, 2.24) is 14.7 Å². The van der Waals surface area contributed by atoms with Gasteiger partial charge in [0.1, 0.15) is 5.69 Å². The van der Waals surface area contributed by atoms with Crippen molar-refractivity contribution < 1.29 is 14.7 Å². The zero-order valence-corrected chi connectivity index (χ0v) is 10.7. The summed E-state index contributed by atoms with van der Waals surface area (Å²) in [5.74, 6) is 0.993. The number of aliphatic carboxylic acids is 1. The molecule has 98 valence electrons. The second-order valence-corrected chi connectivity index (χ2v) is 5.24. The van der Waals surface area contributed by atoms with E-state index in [1.807, 2.05) is 11.8 Å². The van der Waals surface area contributed by atoms with Crippen LogP contribution in [0.3, 0.4) is 0 Å². The van der Waals surface area contributed by atoms with Gasteiger partial charge in [0.05, 0.1) is 13.0 Å². The van der Waals surface area contributed by atoms with Gasteiger partial charge in [-0.3, -0.25) is 14.3 Å². The van der Waals surface area contributed by atoms with Gasteiger partial charge in [0.2, 0.25) is 0 Å². The maximum absolute atomic E-state index is 12.1. The van der Waals surface area contributed by atoms with E-state index in [0.29, 0.717) is 12.2 Å². The summed E-state index contributed by atoms with van der Waals surface area (Å²) < 4.78 is 1.50. The van der Waals surface area contributed by atoms with Crippen molar-refractivity contribution in [3.05, 3.63) is 18.0 Å². The van der Waals surface area contributed by atoms with Crippen LogP contribution in [0.25, 0.3) is 0 Å². The number of nitrogens with zero attached hydrogens (tertiary/aromatic N) is 3. The number of amides is 1. The SMILES string of the molecule is O=C(O)CCn1ccc(C(=O)N2CCSCC2)n1. The quantitative estimate of drug-likeness (QED) is 0.863. The summed E-state index contributed by atoms with van der Waals surface area (Å²) in [6.07, 6.45) is 1.66. The first-order valence-electron chi connectivity index (χ1n) is 5.79.